The van der Waals surface area contributed by atoms with Crippen molar-refractivity contribution >= 4 is 40.5 Å². The second-order valence-electron chi connectivity index (χ2n) is 8.67. The normalized spacial score (nSPS) is 16.3. The summed E-state index contributed by atoms with van der Waals surface area (Å²) in [4.78, 5) is 29.1. The molecule has 2 aromatic heterocycles. The summed E-state index contributed by atoms with van der Waals surface area (Å²) >= 11 is 1.70. The number of ether oxygens (including phenoxy) is 1. The molecule has 0 unspecified atom stereocenters. The fourth-order valence-electron chi connectivity index (χ4n) is 5.18. The second-order valence-corrected chi connectivity index (χ2v) is 9.75. The van der Waals surface area contributed by atoms with E-state index in [4.69, 9.17) is 4.74 Å². The molecule has 0 fully saturated rings. The minimum Gasteiger partial charge on any atom is -0.465 e. The van der Waals surface area contributed by atoms with Gasteiger partial charge in [-0.2, -0.15) is 0 Å². The number of aryl methyl sites for hydroxylation is 2. The van der Waals surface area contributed by atoms with Gasteiger partial charge in [-0.3, -0.25) is 4.79 Å². The maximum atomic E-state index is 13.2. The van der Waals surface area contributed by atoms with Crippen molar-refractivity contribution in [1.82, 2.24) is 4.57 Å². The van der Waals surface area contributed by atoms with Crippen LogP contribution < -0.4 is 4.90 Å². The van der Waals surface area contributed by atoms with Gasteiger partial charge in [0.05, 0.1) is 18.4 Å². The molecule has 1 aliphatic carbocycles. The molecule has 3 heterocycles. The lowest BCUT2D eigenvalue weighted by Crippen LogP contribution is -2.25. The molecule has 0 N–H and O–H groups in total. The molecule has 0 spiro atoms. The van der Waals surface area contributed by atoms with Gasteiger partial charge in [-0.1, -0.05) is 18.2 Å². The Morgan fingerprint density at radius 1 is 1.18 bits per heavy atom. The van der Waals surface area contributed by atoms with Crippen LogP contribution in [0.5, 0.6) is 0 Å². The molecule has 1 aliphatic heterocycles. The fraction of sp³-hybridized carbons (Fsp3) is 0.333. The van der Waals surface area contributed by atoms with Crippen LogP contribution in [-0.2, 0) is 22.4 Å². The lowest BCUT2D eigenvalue weighted by molar-refractivity contribution is -0.112. The molecule has 3 aromatic rings. The average Bonchev–Trinajstić information content (AvgIpc) is 3.42. The van der Waals surface area contributed by atoms with E-state index in [1.165, 1.54) is 12.0 Å². The molecule has 0 bridgehead atoms. The first-order valence-electron chi connectivity index (χ1n) is 11.5. The van der Waals surface area contributed by atoms with Gasteiger partial charge in [0.1, 0.15) is 5.00 Å². The van der Waals surface area contributed by atoms with Gasteiger partial charge in [0, 0.05) is 33.9 Å². The number of hydrogen-bond acceptors (Lipinski definition) is 4. The molecular weight excluding hydrogens is 432 g/mol. The highest BCUT2D eigenvalue weighted by atomic mass is 32.1. The van der Waals surface area contributed by atoms with E-state index in [1.807, 2.05) is 42.2 Å². The second kappa shape index (κ2) is 8.34. The highest BCUT2D eigenvalue weighted by molar-refractivity contribution is 7.15. The molecule has 0 saturated carbocycles. The third-order valence-electron chi connectivity index (χ3n) is 6.79. The number of carbonyl (C=O) groups is 2. The minimum atomic E-state index is -0.268. The van der Waals surface area contributed by atoms with Crippen molar-refractivity contribution in [2.75, 3.05) is 18.6 Å². The lowest BCUT2D eigenvalue weighted by Gasteiger charge is -2.13. The first-order valence-corrected chi connectivity index (χ1v) is 12.3. The number of para-hydroxylation sites is 1. The summed E-state index contributed by atoms with van der Waals surface area (Å²) in [6, 6.07) is 10.1. The van der Waals surface area contributed by atoms with E-state index < -0.39 is 0 Å². The molecule has 0 saturated heterocycles. The Morgan fingerprint density at radius 2 is 1.94 bits per heavy atom. The van der Waals surface area contributed by atoms with Crippen molar-refractivity contribution in [1.29, 1.82) is 0 Å². The summed E-state index contributed by atoms with van der Waals surface area (Å²) < 4.78 is 7.34. The number of rotatable bonds is 4. The van der Waals surface area contributed by atoms with Crippen LogP contribution in [0.25, 0.3) is 16.7 Å². The van der Waals surface area contributed by atoms with Crippen LogP contribution >= 0.6 is 11.3 Å². The van der Waals surface area contributed by atoms with E-state index in [9.17, 15) is 9.59 Å². The van der Waals surface area contributed by atoms with Crippen molar-refractivity contribution in [3.8, 4) is 5.00 Å². The molecule has 0 atom stereocenters. The first-order chi connectivity index (χ1) is 16.0. The Morgan fingerprint density at radius 3 is 2.70 bits per heavy atom. The fourth-order valence-corrected chi connectivity index (χ4v) is 6.67. The zero-order valence-electron chi connectivity index (χ0n) is 19.5. The van der Waals surface area contributed by atoms with Gasteiger partial charge in [0.15, 0.2) is 0 Å². The molecule has 33 heavy (non-hydrogen) atoms. The Bertz CT molecular complexity index is 1310. The number of anilines is 1. The largest absolute Gasteiger partial charge is 0.465 e. The summed E-state index contributed by atoms with van der Waals surface area (Å²) in [6.45, 7) is 6.74. The van der Waals surface area contributed by atoms with Crippen LogP contribution in [0.3, 0.4) is 0 Å². The third kappa shape index (κ3) is 3.35. The number of thiophene rings is 1. The number of methoxy groups -OCH3 is 1. The van der Waals surface area contributed by atoms with Crippen LogP contribution in [0.2, 0.25) is 0 Å². The molecule has 5 nitrogen and oxygen atoms in total. The number of aromatic nitrogens is 1. The number of benzene rings is 1. The smallest absolute Gasteiger partial charge is 0.341 e. The molecule has 170 valence electrons. The highest BCUT2D eigenvalue weighted by Crippen LogP contribution is 2.41. The van der Waals surface area contributed by atoms with Crippen molar-refractivity contribution < 1.29 is 14.3 Å². The van der Waals surface area contributed by atoms with Gasteiger partial charge in [-0.05, 0) is 75.8 Å². The first kappa shape index (κ1) is 21.7. The Kier molecular flexibility index (Phi) is 5.49. The van der Waals surface area contributed by atoms with Gasteiger partial charge in [0.25, 0.3) is 5.91 Å². The summed E-state index contributed by atoms with van der Waals surface area (Å²) in [7, 11) is 1.45. The van der Waals surface area contributed by atoms with Gasteiger partial charge in [-0.15, -0.1) is 11.3 Å². The zero-order chi connectivity index (χ0) is 23.3. The van der Waals surface area contributed by atoms with Crippen LogP contribution in [0.15, 0.2) is 30.3 Å². The molecule has 2 aliphatic rings. The number of likely N-dealkylation sites (N-methyl/N-ethyl adjacent to an activating group) is 1. The van der Waals surface area contributed by atoms with E-state index in [0.29, 0.717) is 17.7 Å². The molecule has 1 aromatic carbocycles. The highest BCUT2D eigenvalue weighted by Gasteiger charge is 2.32. The zero-order valence-corrected chi connectivity index (χ0v) is 20.3. The van der Waals surface area contributed by atoms with E-state index in [1.54, 1.807) is 11.3 Å². The summed E-state index contributed by atoms with van der Waals surface area (Å²) in [5.74, 6) is -0.236. The predicted octanol–water partition coefficient (Wildman–Crippen LogP) is 5.73. The molecule has 5 rings (SSSR count). The minimum absolute atomic E-state index is 0.0327. The van der Waals surface area contributed by atoms with Gasteiger partial charge in [0.2, 0.25) is 0 Å². The number of amides is 1. The van der Waals surface area contributed by atoms with E-state index >= 15 is 0 Å². The summed E-state index contributed by atoms with van der Waals surface area (Å²) in [6.07, 6.45) is 6.19. The Labute approximate surface area is 198 Å². The molecule has 0 radical (unpaired) electrons. The third-order valence-corrected chi connectivity index (χ3v) is 8.07. The van der Waals surface area contributed by atoms with Crippen LogP contribution in [0.1, 0.15) is 63.1 Å². The average molecular weight is 461 g/mol. The van der Waals surface area contributed by atoms with Crippen molar-refractivity contribution in [2.24, 2.45) is 0 Å². The number of hydrogen-bond donors (Lipinski definition) is 0. The summed E-state index contributed by atoms with van der Waals surface area (Å²) in [5, 5.41) is 0.932. The van der Waals surface area contributed by atoms with E-state index in [0.717, 1.165) is 64.4 Å². The number of esters is 1. The van der Waals surface area contributed by atoms with Gasteiger partial charge >= 0.3 is 5.97 Å². The van der Waals surface area contributed by atoms with Crippen molar-refractivity contribution in [2.45, 2.75) is 46.5 Å². The Balaban J connectivity index is 1.66. The molecule has 6 heteroatoms. The standard InChI is InChI=1S/C27H28N2O3S/c1-5-28-22-12-8-6-10-19(22)21(25(28)30)15-18-14-16(2)29(17(18)3)26-24(27(31)32-4)20-11-7-9-13-23(20)33-26/h6,8,10,12,14-15H,5,7,9,11,13H2,1-4H3/b21-15+. The molecule has 1 amide bonds. The number of carbonyl (C=O) groups excluding carboxylic acids is 2. The number of nitrogens with zero attached hydrogens (tertiary/aromatic N) is 2. The summed E-state index contributed by atoms with van der Waals surface area (Å²) in [5.41, 5.74) is 7.55. The topological polar surface area (TPSA) is 51.5 Å². The van der Waals surface area contributed by atoms with Crippen LogP contribution in [0, 0.1) is 13.8 Å². The van der Waals surface area contributed by atoms with Crippen LogP contribution in [0.4, 0.5) is 5.69 Å². The SMILES string of the molecule is CCN1C(=O)/C(=C/c2cc(C)n(-c3sc4c(c3C(=O)OC)CCCC4)c2C)c2ccccc21. The number of fused-ring (bicyclic) bond motifs is 2. The maximum Gasteiger partial charge on any atom is 0.341 e. The van der Waals surface area contributed by atoms with E-state index in [2.05, 4.69) is 24.5 Å². The molecular formula is C27H28N2O3S. The Hall–Kier alpha value is -3.12. The van der Waals surface area contributed by atoms with Gasteiger partial charge in [-0.25, -0.2) is 4.79 Å². The van der Waals surface area contributed by atoms with Crippen LogP contribution in [-0.4, -0.2) is 30.1 Å². The van der Waals surface area contributed by atoms with Gasteiger partial charge < -0.3 is 14.2 Å². The van der Waals surface area contributed by atoms with Crippen molar-refractivity contribution in [3.05, 3.63) is 68.9 Å². The lowest BCUT2D eigenvalue weighted by atomic mass is 9.95. The predicted molar refractivity (Wildman–Crippen MR) is 133 cm³/mol. The van der Waals surface area contributed by atoms with E-state index in [-0.39, 0.29) is 11.9 Å². The monoisotopic (exact) mass is 460 g/mol. The maximum absolute atomic E-state index is 13.2. The van der Waals surface area contributed by atoms with Crippen molar-refractivity contribution in [3.63, 3.8) is 0 Å². The quantitative estimate of drug-likeness (QED) is 0.369.